The van der Waals surface area contributed by atoms with Crippen LogP contribution in [0.5, 0.6) is 0 Å². The number of hydrazine groups is 1. The fourth-order valence-electron chi connectivity index (χ4n) is 1.29. The smallest absolute Gasteiger partial charge is 0.331 e. The number of rotatable bonds is 11. The summed E-state index contributed by atoms with van der Waals surface area (Å²) in [4.78, 5) is 11.4. The van der Waals surface area contributed by atoms with Gasteiger partial charge in [-0.05, 0) is 6.42 Å². The maximum Gasteiger partial charge on any atom is 0.331 e. The van der Waals surface area contributed by atoms with Crippen molar-refractivity contribution in [2.24, 2.45) is 0 Å². The summed E-state index contributed by atoms with van der Waals surface area (Å²) in [5, 5.41) is 21.5. The number of urea groups is 1. The van der Waals surface area contributed by atoms with Gasteiger partial charge in [0, 0.05) is 19.7 Å². The minimum Gasteiger partial charge on any atom is -0.395 e. The number of aliphatic hydroxyl groups is 2. The molecule has 0 saturated carbocycles. The highest BCUT2D eigenvalue weighted by Crippen LogP contribution is 1.93. The van der Waals surface area contributed by atoms with E-state index in [1.165, 1.54) is 5.01 Å². The van der Waals surface area contributed by atoms with Gasteiger partial charge in [-0.15, -0.1) is 0 Å². The minimum atomic E-state index is -0.410. The van der Waals surface area contributed by atoms with E-state index >= 15 is 0 Å². The summed E-state index contributed by atoms with van der Waals surface area (Å²) in [7, 11) is 0. The molecule has 0 aliphatic heterocycles. The van der Waals surface area contributed by atoms with E-state index in [4.69, 9.17) is 14.9 Å². The van der Waals surface area contributed by atoms with Crippen LogP contribution in [0.3, 0.4) is 0 Å². The summed E-state index contributed by atoms with van der Waals surface area (Å²) < 4.78 is 5.22. The molecule has 0 aliphatic carbocycles. The van der Waals surface area contributed by atoms with E-state index < -0.39 is 6.03 Å². The summed E-state index contributed by atoms with van der Waals surface area (Å²) in [6.45, 7) is 3.26. The third-order valence-corrected chi connectivity index (χ3v) is 2.23. The Bertz CT molecular complexity index is 199. The number of hydrogen-bond acceptors (Lipinski definition) is 5. The van der Waals surface area contributed by atoms with Crippen molar-refractivity contribution < 1.29 is 19.7 Å². The number of nitrogens with zero attached hydrogens (tertiary/aromatic N) is 1. The number of nitrogens with one attached hydrogen (secondary N) is 2. The second kappa shape index (κ2) is 12.6. The highest BCUT2D eigenvalue weighted by atomic mass is 16.5. The lowest BCUT2D eigenvalue weighted by molar-refractivity contribution is 0.0997. The van der Waals surface area contributed by atoms with Crippen LogP contribution in [0, 0.1) is 0 Å². The number of aliphatic hydroxyl groups excluding tert-OH is 2. The fourth-order valence-corrected chi connectivity index (χ4v) is 1.29. The normalized spacial score (nSPS) is 10.7. The predicted molar refractivity (Wildman–Crippen MR) is 67.8 cm³/mol. The van der Waals surface area contributed by atoms with Gasteiger partial charge in [0.15, 0.2) is 0 Å². The van der Waals surface area contributed by atoms with E-state index in [1.807, 2.05) is 0 Å². The Kier molecular flexibility index (Phi) is 11.9. The van der Waals surface area contributed by atoms with Crippen LogP contribution >= 0.6 is 0 Å². The number of ether oxygens (including phenoxy) is 1. The van der Waals surface area contributed by atoms with Crippen molar-refractivity contribution in [3.63, 3.8) is 0 Å². The Morgan fingerprint density at radius 1 is 1.22 bits per heavy atom. The zero-order valence-electron chi connectivity index (χ0n) is 11.0. The third-order valence-electron chi connectivity index (χ3n) is 2.23. The third kappa shape index (κ3) is 10.3. The van der Waals surface area contributed by atoms with Gasteiger partial charge in [0.05, 0.1) is 13.2 Å². The van der Waals surface area contributed by atoms with Crippen LogP contribution < -0.4 is 10.7 Å². The largest absolute Gasteiger partial charge is 0.395 e. The van der Waals surface area contributed by atoms with Crippen LogP contribution in [0.2, 0.25) is 0 Å². The minimum absolute atomic E-state index is 0.0895. The van der Waals surface area contributed by atoms with Gasteiger partial charge in [-0.3, -0.25) is 5.43 Å². The first-order valence-electron chi connectivity index (χ1n) is 6.33. The molecule has 0 bridgehead atoms. The van der Waals surface area contributed by atoms with Crippen LogP contribution in [0.4, 0.5) is 4.79 Å². The average Bonchev–Trinajstić information content (AvgIpc) is 2.34. The molecule has 0 aromatic rings. The van der Waals surface area contributed by atoms with Crippen molar-refractivity contribution in [1.82, 2.24) is 15.8 Å². The van der Waals surface area contributed by atoms with Gasteiger partial charge in [0.1, 0.15) is 6.73 Å². The molecule has 0 unspecified atom stereocenters. The first-order chi connectivity index (χ1) is 8.74. The molecule has 0 radical (unpaired) electrons. The first-order valence-corrected chi connectivity index (χ1v) is 6.33. The molecule has 0 aliphatic rings. The zero-order valence-corrected chi connectivity index (χ0v) is 11.0. The molecule has 0 rings (SSSR count). The van der Waals surface area contributed by atoms with E-state index in [2.05, 4.69) is 17.7 Å². The second-order valence-corrected chi connectivity index (χ2v) is 3.81. The molecule has 108 valence electrons. The zero-order chi connectivity index (χ0) is 13.6. The van der Waals surface area contributed by atoms with E-state index in [-0.39, 0.29) is 33.0 Å². The standard InChI is InChI=1S/C11H25N3O4/c1-2-3-4-9-18-10-12-11(17)13-14(5-7-15)6-8-16/h15-16H,2-10H2,1H3,(H2,12,13,17). The SMILES string of the molecule is CCCCCOCNC(=O)NN(CCO)CCO. The first kappa shape index (κ1) is 17.1. The summed E-state index contributed by atoms with van der Waals surface area (Å²) in [5.74, 6) is 0. The van der Waals surface area contributed by atoms with E-state index in [0.29, 0.717) is 6.61 Å². The lowest BCUT2D eigenvalue weighted by Gasteiger charge is -2.21. The molecule has 0 fully saturated rings. The van der Waals surface area contributed by atoms with Crippen molar-refractivity contribution in [2.45, 2.75) is 26.2 Å². The van der Waals surface area contributed by atoms with Gasteiger partial charge >= 0.3 is 6.03 Å². The Labute approximate surface area is 108 Å². The van der Waals surface area contributed by atoms with E-state index in [9.17, 15) is 4.79 Å². The monoisotopic (exact) mass is 263 g/mol. The second-order valence-electron chi connectivity index (χ2n) is 3.81. The van der Waals surface area contributed by atoms with E-state index in [1.54, 1.807) is 0 Å². The van der Waals surface area contributed by atoms with Gasteiger partial charge in [-0.1, -0.05) is 19.8 Å². The van der Waals surface area contributed by atoms with Crippen LogP contribution in [0.15, 0.2) is 0 Å². The molecule has 18 heavy (non-hydrogen) atoms. The lowest BCUT2D eigenvalue weighted by Crippen LogP contribution is -2.49. The lowest BCUT2D eigenvalue weighted by atomic mass is 10.3. The highest BCUT2D eigenvalue weighted by Gasteiger charge is 2.07. The molecule has 2 amide bonds. The maximum absolute atomic E-state index is 11.4. The topological polar surface area (TPSA) is 94.1 Å². The molecule has 0 atom stereocenters. The molecule has 0 heterocycles. The molecule has 7 nitrogen and oxygen atoms in total. The van der Waals surface area contributed by atoms with Crippen LogP contribution in [0.1, 0.15) is 26.2 Å². The highest BCUT2D eigenvalue weighted by molar-refractivity contribution is 5.73. The summed E-state index contributed by atoms with van der Waals surface area (Å²) in [6, 6.07) is -0.410. The van der Waals surface area contributed by atoms with Crippen molar-refractivity contribution in [2.75, 3.05) is 39.6 Å². The maximum atomic E-state index is 11.4. The van der Waals surface area contributed by atoms with E-state index in [0.717, 1.165) is 19.3 Å². The average molecular weight is 263 g/mol. The molecule has 4 N–H and O–H groups in total. The van der Waals surface area contributed by atoms with Gasteiger partial charge in [0.2, 0.25) is 0 Å². The number of carbonyl (C=O) groups excluding carboxylic acids is 1. The number of unbranched alkanes of at least 4 members (excludes halogenated alkanes) is 2. The number of hydrogen-bond donors (Lipinski definition) is 4. The summed E-state index contributed by atoms with van der Waals surface area (Å²) >= 11 is 0. The predicted octanol–water partition coefficient (Wildman–Crippen LogP) is -0.348. The van der Waals surface area contributed by atoms with Crippen molar-refractivity contribution >= 4 is 6.03 Å². The Morgan fingerprint density at radius 3 is 2.44 bits per heavy atom. The molecule has 0 aromatic heterocycles. The van der Waals surface area contributed by atoms with Crippen LogP contribution in [-0.2, 0) is 4.74 Å². The molecule has 0 aromatic carbocycles. The van der Waals surface area contributed by atoms with Gasteiger partial charge in [-0.2, -0.15) is 0 Å². The van der Waals surface area contributed by atoms with Gasteiger partial charge < -0.3 is 20.3 Å². The fraction of sp³-hybridized carbons (Fsp3) is 0.909. The van der Waals surface area contributed by atoms with Crippen molar-refractivity contribution in [3.05, 3.63) is 0 Å². The molecule has 7 heteroatoms. The number of amides is 2. The number of carbonyl (C=O) groups is 1. The molecule has 0 spiro atoms. The van der Waals surface area contributed by atoms with Crippen molar-refractivity contribution in [1.29, 1.82) is 0 Å². The molecular weight excluding hydrogens is 238 g/mol. The van der Waals surface area contributed by atoms with Gasteiger partial charge in [0.25, 0.3) is 0 Å². The quantitative estimate of drug-likeness (QED) is 0.232. The van der Waals surface area contributed by atoms with Gasteiger partial charge in [-0.25, -0.2) is 9.80 Å². The van der Waals surface area contributed by atoms with Crippen LogP contribution in [0.25, 0.3) is 0 Å². The Balaban J connectivity index is 3.55. The molecular formula is C11H25N3O4. The van der Waals surface area contributed by atoms with Crippen LogP contribution in [-0.4, -0.2) is 60.9 Å². The van der Waals surface area contributed by atoms with Crippen molar-refractivity contribution in [3.8, 4) is 0 Å². The Hall–Kier alpha value is -0.890. The molecule has 0 saturated heterocycles. The Morgan fingerprint density at radius 2 is 1.89 bits per heavy atom. The summed E-state index contributed by atoms with van der Waals surface area (Å²) in [5.41, 5.74) is 2.50. The summed E-state index contributed by atoms with van der Waals surface area (Å²) in [6.07, 6.45) is 3.24.